The number of carboxylic acids is 1. The van der Waals surface area contributed by atoms with E-state index in [1.165, 1.54) is 0 Å². The van der Waals surface area contributed by atoms with E-state index in [0.717, 1.165) is 37.4 Å². The molecule has 24 heavy (non-hydrogen) atoms. The number of carbonyl (C=O) groups is 2. The second-order valence-electron chi connectivity index (χ2n) is 6.89. The number of hydrogen-bond donors (Lipinski definition) is 1. The van der Waals surface area contributed by atoms with Crippen LogP contribution >= 0.6 is 0 Å². The third-order valence-electron chi connectivity index (χ3n) is 4.99. The van der Waals surface area contributed by atoms with Crippen molar-refractivity contribution in [3.63, 3.8) is 0 Å². The molecule has 6 heteroatoms. The van der Waals surface area contributed by atoms with Gasteiger partial charge in [-0.2, -0.15) is 0 Å². The molecule has 1 aromatic rings. The van der Waals surface area contributed by atoms with E-state index in [4.69, 9.17) is 5.11 Å². The Morgan fingerprint density at radius 1 is 1.21 bits per heavy atom. The lowest BCUT2D eigenvalue weighted by Gasteiger charge is -2.38. The van der Waals surface area contributed by atoms with Crippen LogP contribution in [0, 0.1) is 0 Å². The average molecular weight is 331 g/mol. The number of nitrogens with zero attached hydrogens (tertiary/aromatic N) is 3. The largest absolute Gasteiger partial charge is 0.481 e. The van der Waals surface area contributed by atoms with Gasteiger partial charge in [0.1, 0.15) is 0 Å². The summed E-state index contributed by atoms with van der Waals surface area (Å²) in [5.74, 6) is -0.791. The molecule has 0 bridgehead atoms. The highest BCUT2D eigenvalue weighted by Crippen LogP contribution is 2.27. The molecule has 0 spiro atoms. The number of hydrogen-bond acceptors (Lipinski definition) is 3. The summed E-state index contributed by atoms with van der Waals surface area (Å²) in [5.41, 5.74) is 1.88. The molecule has 2 saturated heterocycles. The molecule has 1 atom stereocenters. The summed E-state index contributed by atoms with van der Waals surface area (Å²) in [6.45, 7) is 7.75. The standard InChI is InChI=1S/C18H25N3O3/c1-13(2)19-9-10-20-16(11-19)12-21(18(20)24)15-6-3-14(4-7-15)5-8-17(22)23/h3-4,6-7,13,16H,5,8-12H2,1-2H3,(H,22,23)/t16-/m0/s1. The van der Waals surface area contributed by atoms with E-state index in [1.807, 2.05) is 34.1 Å². The van der Waals surface area contributed by atoms with Crippen molar-refractivity contribution >= 4 is 17.7 Å². The van der Waals surface area contributed by atoms with E-state index >= 15 is 0 Å². The monoisotopic (exact) mass is 331 g/mol. The molecule has 0 aliphatic carbocycles. The highest BCUT2D eigenvalue weighted by molar-refractivity contribution is 5.94. The van der Waals surface area contributed by atoms with E-state index in [1.54, 1.807) is 0 Å². The lowest BCUT2D eigenvalue weighted by atomic mass is 10.1. The first kappa shape index (κ1) is 16.8. The first-order valence-electron chi connectivity index (χ1n) is 8.58. The lowest BCUT2D eigenvalue weighted by molar-refractivity contribution is -0.136. The van der Waals surface area contributed by atoms with Crippen molar-refractivity contribution in [2.45, 2.75) is 38.8 Å². The second kappa shape index (κ2) is 6.81. The molecule has 2 amide bonds. The molecule has 1 aromatic carbocycles. The van der Waals surface area contributed by atoms with E-state index in [-0.39, 0.29) is 18.5 Å². The molecule has 2 heterocycles. The Bertz CT molecular complexity index is 614. The van der Waals surface area contributed by atoms with E-state index in [0.29, 0.717) is 12.5 Å². The smallest absolute Gasteiger partial charge is 0.324 e. The van der Waals surface area contributed by atoms with E-state index in [9.17, 15) is 9.59 Å². The van der Waals surface area contributed by atoms with Crippen LogP contribution in [-0.2, 0) is 11.2 Å². The minimum absolute atomic E-state index is 0.0849. The van der Waals surface area contributed by atoms with Crippen molar-refractivity contribution < 1.29 is 14.7 Å². The molecular formula is C18H25N3O3. The van der Waals surface area contributed by atoms with Crippen LogP contribution < -0.4 is 4.90 Å². The summed E-state index contributed by atoms with van der Waals surface area (Å²) in [6.07, 6.45) is 0.643. The van der Waals surface area contributed by atoms with Crippen molar-refractivity contribution in [1.82, 2.24) is 9.80 Å². The molecule has 130 valence electrons. The van der Waals surface area contributed by atoms with Crippen LogP contribution in [0.1, 0.15) is 25.8 Å². The minimum atomic E-state index is -0.791. The maximum Gasteiger partial charge on any atom is 0.324 e. The van der Waals surface area contributed by atoms with Gasteiger partial charge < -0.3 is 10.0 Å². The predicted octanol–water partition coefficient (Wildman–Crippen LogP) is 2.04. The van der Waals surface area contributed by atoms with Gasteiger partial charge in [0.15, 0.2) is 0 Å². The zero-order valence-corrected chi connectivity index (χ0v) is 14.3. The second-order valence-corrected chi connectivity index (χ2v) is 6.89. The first-order chi connectivity index (χ1) is 11.5. The number of carbonyl (C=O) groups excluding carboxylic acids is 1. The molecule has 2 fully saturated rings. The van der Waals surface area contributed by atoms with Gasteiger partial charge in [0.05, 0.1) is 6.04 Å². The van der Waals surface area contributed by atoms with Crippen molar-refractivity contribution in [3.05, 3.63) is 29.8 Å². The molecule has 0 saturated carbocycles. The Kier molecular flexibility index (Phi) is 4.76. The Hall–Kier alpha value is -2.08. The average Bonchev–Trinajstić information content (AvgIpc) is 2.90. The normalized spacial score (nSPS) is 21.5. The summed E-state index contributed by atoms with van der Waals surface area (Å²) < 4.78 is 0. The predicted molar refractivity (Wildman–Crippen MR) is 92.3 cm³/mol. The van der Waals surface area contributed by atoms with Crippen molar-refractivity contribution in [3.8, 4) is 0 Å². The third kappa shape index (κ3) is 3.38. The van der Waals surface area contributed by atoms with Gasteiger partial charge in [0.25, 0.3) is 0 Å². The molecule has 3 rings (SSSR count). The zero-order chi connectivity index (χ0) is 17.3. The molecule has 0 radical (unpaired) electrons. The number of carboxylic acid groups (broad SMARTS) is 1. The van der Waals surface area contributed by atoms with Gasteiger partial charge in [0.2, 0.25) is 0 Å². The highest BCUT2D eigenvalue weighted by Gasteiger charge is 2.41. The molecule has 0 unspecified atom stereocenters. The maximum atomic E-state index is 12.7. The molecule has 1 N–H and O–H groups in total. The summed E-state index contributed by atoms with van der Waals surface area (Å²) in [6, 6.07) is 8.53. The number of rotatable bonds is 5. The Morgan fingerprint density at radius 2 is 1.92 bits per heavy atom. The van der Waals surface area contributed by atoms with Crippen LogP contribution in [0.5, 0.6) is 0 Å². The van der Waals surface area contributed by atoms with Crippen LogP contribution in [-0.4, -0.2) is 65.2 Å². The van der Waals surface area contributed by atoms with Gasteiger partial charge >= 0.3 is 12.0 Å². The van der Waals surface area contributed by atoms with Crippen LogP contribution in [0.25, 0.3) is 0 Å². The van der Waals surface area contributed by atoms with Gasteiger partial charge in [-0.3, -0.25) is 14.6 Å². The van der Waals surface area contributed by atoms with E-state index < -0.39 is 5.97 Å². The topological polar surface area (TPSA) is 64.1 Å². The fourth-order valence-corrected chi connectivity index (χ4v) is 3.51. The Morgan fingerprint density at radius 3 is 2.54 bits per heavy atom. The number of aryl methyl sites for hydroxylation is 1. The van der Waals surface area contributed by atoms with Gasteiger partial charge in [0, 0.05) is 44.3 Å². The van der Waals surface area contributed by atoms with Crippen molar-refractivity contribution in [1.29, 1.82) is 0 Å². The summed E-state index contributed by atoms with van der Waals surface area (Å²) in [5, 5.41) is 8.75. The number of amides is 2. The summed E-state index contributed by atoms with van der Waals surface area (Å²) in [4.78, 5) is 29.6. The summed E-state index contributed by atoms with van der Waals surface area (Å²) >= 11 is 0. The fraction of sp³-hybridized carbons (Fsp3) is 0.556. The van der Waals surface area contributed by atoms with E-state index in [2.05, 4.69) is 18.7 Å². The fourth-order valence-electron chi connectivity index (χ4n) is 3.51. The number of anilines is 1. The lowest BCUT2D eigenvalue weighted by Crippen LogP contribution is -2.53. The van der Waals surface area contributed by atoms with Gasteiger partial charge in [-0.15, -0.1) is 0 Å². The minimum Gasteiger partial charge on any atom is -0.481 e. The first-order valence-corrected chi connectivity index (χ1v) is 8.58. The number of piperazine rings is 1. The molecule has 0 aromatic heterocycles. The number of aliphatic carboxylic acids is 1. The van der Waals surface area contributed by atoms with Crippen molar-refractivity contribution in [2.75, 3.05) is 31.1 Å². The van der Waals surface area contributed by atoms with Crippen LogP contribution in [0.2, 0.25) is 0 Å². The highest BCUT2D eigenvalue weighted by atomic mass is 16.4. The molecule has 6 nitrogen and oxygen atoms in total. The van der Waals surface area contributed by atoms with Gasteiger partial charge in [-0.25, -0.2) is 4.79 Å². The zero-order valence-electron chi connectivity index (χ0n) is 14.3. The molecular weight excluding hydrogens is 306 g/mol. The molecule has 2 aliphatic heterocycles. The Labute approximate surface area is 142 Å². The number of benzene rings is 1. The number of fused-ring (bicyclic) bond motifs is 1. The van der Waals surface area contributed by atoms with Crippen LogP contribution in [0.4, 0.5) is 10.5 Å². The third-order valence-corrected chi connectivity index (χ3v) is 4.99. The van der Waals surface area contributed by atoms with Gasteiger partial charge in [-0.1, -0.05) is 12.1 Å². The Balaban J connectivity index is 1.67. The molecule has 2 aliphatic rings. The summed E-state index contributed by atoms with van der Waals surface area (Å²) in [7, 11) is 0. The van der Waals surface area contributed by atoms with Crippen LogP contribution in [0.15, 0.2) is 24.3 Å². The number of urea groups is 1. The quantitative estimate of drug-likeness (QED) is 0.897. The maximum absolute atomic E-state index is 12.7. The van der Waals surface area contributed by atoms with Crippen molar-refractivity contribution in [2.24, 2.45) is 0 Å². The van der Waals surface area contributed by atoms with Gasteiger partial charge in [-0.05, 0) is 38.0 Å². The van der Waals surface area contributed by atoms with Crippen LogP contribution in [0.3, 0.4) is 0 Å². The SMILES string of the molecule is CC(C)N1CCN2C(=O)N(c3ccc(CCC(=O)O)cc3)C[C@@H]2C1.